The topological polar surface area (TPSA) is 59.0 Å². The maximum Gasteiger partial charge on any atom is 0.0991 e. The molecule has 2 N–H and O–H groups in total. The standard InChI is InChI=1S/C15H14N2O/c1-11-8-14(6-7-15(11)10-18-17)13-4-2-12(9-16)3-5-13/h2-8H,10,17H2,1H3. The van der Waals surface area contributed by atoms with Gasteiger partial charge in [0.25, 0.3) is 0 Å². The maximum absolute atomic E-state index is 8.76. The fourth-order valence-corrected chi connectivity index (χ4v) is 1.86. The minimum atomic E-state index is 0.416. The molecule has 0 aliphatic carbocycles. The van der Waals surface area contributed by atoms with Gasteiger partial charge < -0.3 is 0 Å². The van der Waals surface area contributed by atoms with Gasteiger partial charge in [-0.2, -0.15) is 5.26 Å². The summed E-state index contributed by atoms with van der Waals surface area (Å²) >= 11 is 0. The van der Waals surface area contributed by atoms with Crippen molar-refractivity contribution in [2.45, 2.75) is 13.5 Å². The normalized spacial score (nSPS) is 10.1. The second-order valence-electron chi connectivity index (χ2n) is 4.14. The molecule has 2 aromatic carbocycles. The molecule has 3 heteroatoms. The molecule has 0 heterocycles. The summed E-state index contributed by atoms with van der Waals surface area (Å²) in [6, 6.07) is 15.8. The Morgan fingerprint density at radius 2 is 1.78 bits per heavy atom. The van der Waals surface area contributed by atoms with Crippen LogP contribution in [0.4, 0.5) is 0 Å². The van der Waals surface area contributed by atoms with Crippen LogP contribution in [0.2, 0.25) is 0 Å². The van der Waals surface area contributed by atoms with Gasteiger partial charge in [0, 0.05) is 0 Å². The summed E-state index contributed by atoms with van der Waals surface area (Å²) in [4.78, 5) is 4.65. The van der Waals surface area contributed by atoms with Crippen molar-refractivity contribution >= 4 is 0 Å². The van der Waals surface area contributed by atoms with Gasteiger partial charge in [-0.1, -0.05) is 30.3 Å². The molecule has 0 amide bonds. The second-order valence-corrected chi connectivity index (χ2v) is 4.14. The summed E-state index contributed by atoms with van der Waals surface area (Å²) < 4.78 is 0. The SMILES string of the molecule is Cc1cc(-c2ccc(C#N)cc2)ccc1CON. The van der Waals surface area contributed by atoms with E-state index in [1.54, 1.807) is 0 Å². The molecule has 3 nitrogen and oxygen atoms in total. The van der Waals surface area contributed by atoms with Crippen molar-refractivity contribution in [1.82, 2.24) is 0 Å². The molecule has 0 radical (unpaired) electrons. The highest BCUT2D eigenvalue weighted by Gasteiger charge is 2.02. The number of hydrogen-bond donors (Lipinski definition) is 1. The van der Waals surface area contributed by atoms with E-state index in [-0.39, 0.29) is 0 Å². The zero-order valence-corrected chi connectivity index (χ0v) is 10.2. The largest absolute Gasteiger partial charge is 0.300 e. The van der Waals surface area contributed by atoms with Crippen molar-refractivity contribution in [3.63, 3.8) is 0 Å². The van der Waals surface area contributed by atoms with E-state index in [0.717, 1.165) is 22.3 Å². The van der Waals surface area contributed by atoms with Crippen LogP contribution in [0.5, 0.6) is 0 Å². The first-order chi connectivity index (χ1) is 8.74. The molecule has 0 saturated heterocycles. The van der Waals surface area contributed by atoms with Gasteiger partial charge in [0.15, 0.2) is 0 Å². The van der Waals surface area contributed by atoms with Gasteiger partial charge in [-0.25, -0.2) is 5.90 Å². The summed E-state index contributed by atoms with van der Waals surface area (Å²) in [5.41, 5.74) is 5.11. The number of nitrogens with zero attached hydrogens (tertiary/aromatic N) is 1. The maximum atomic E-state index is 8.76. The summed E-state index contributed by atoms with van der Waals surface area (Å²) in [6.07, 6.45) is 0. The first kappa shape index (κ1) is 12.3. The fraction of sp³-hybridized carbons (Fsp3) is 0.133. The van der Waals surface area contributed by atoms with Crippen LogP contribution in [0.3, 0.4) is 0 Å². The highest BCUT2D eigenvalue weighted by atomic mass is 16.6. The number of benzene rings is 2. The Bertz CT molecular complexity index is 582. The third-order valence-electron chi connectivity index (χ3n) is 2.93. The summed E-state index contributed by atoms with van der Waals surface area (Å²) in [5, 5.41) is 8.76. The molecule has 0 fully saturated rings. The highest BCUT2D eigenvalue weighted by Crippen LogP contribution is 2.23. The lowest BCUT2D eigenvalue weighted by molar-refractivity contribution is 0.123. The van der Waals surface area contributed by atoms with E-state index < -0.39 is 0 Å². The Labute approximate surface area is 106 Å². The molecule has 0 bridgehead atoms. The lowest BCUT2D eigenvalue weighted by Crippen LogP contribution is -2.00. The van der Waals surface area contributed by atoms with Gasteiger partial charge in [-0.05, 0) is 41.3 Å². The summed E-state index contributed by atoms with van der Waals surface area (Å²) in [6.45, 7) is 2.45. The molecule has 2 rings (SSSR count). The lowest BCUT2D eigenvalue weighted by atomic mass is 9.99. The Hall–Kier alpha value is -2.15. The Morgan fingerprint density at radius 3 is 2.33 bits per heavy atom. The van der Waals surface area contributed by atoms with Crippen molar-refractivity contribution in [3.8, 4) is 17.2 Å². The predicted octanol–water partition coefficient (Wildman–Crippen LogP) is 2.92. The van der Waals surface area contributed by atoms with Crippen LogP contribution in [-0.2, 0) is 11.4 Å². The minimum Gasteiger partial charge on any atom is -0.300 e. The van der Waals surface area contributed by atoms with Gasteiger partial charge >= 0.3 is 0 Å². The number of nitriles is 1. The second kappa shape index (κ2) is 5.46. The average Bonchev–Trinajstić information content (AvgIpc) is 2.41. The van der Waals surface area contributed by atoms with Crippen molar-refractivity contribution < 1.29 is 4.84 Å². The molecule has 0 aliphatic rings. The fourth-order valence-electron chi connectivity index (χ4n) is 1.86. The van der Waals surface area contributed by atoms with Crippen LogP contribution < -0.4 is 5.90 Å². The van der Waals surface area contributed by atoms with Gasteiger partial charge in [-0.3, -0.25) is 4.84 Å². The molecule has 0 spiro atoms. The molecular formula is C15H14N2O. The zero-order chi connectivity index (χ0) is 13.0. The Kier molecular flexibility index (Phi) is 3.73. The number of nitrogens with two attached hydrogens (primary N) is 1. The third-order valence-corrected chi connectivity index (χ3v) is 2.93. The molecule has 0 aliphatic heterocycles. The van der Waals surface area contributed by atoms with E-state index in [0.29, 0.717) is 12.2 Å². The van der Waals surface area contributed by atoms with Crippen LogP contribution >= 0.6 is 0 Å². The van der Waals surface area contributed by atoms with Gasteiger partial charge in [0.2, 0.25) is 0 Å². The Morgan fingerprint density at radius 1 is 1.11 bits per heavy atom. The van der Waals surface area contributed by atoms with E-state index in [1.165, 1.54) is 0 Å². The molecular weight excluding hydrogens is 224 g/mol. The summed E-state index contributed by atoms with van der Waals surface area (Å²) in [5.74, 6) is 5.08. The number of aryl methyl sites for hydroxylation is 1. The Balaban J connectivity index is 2.33. The van der Waals surface area contributed by atoms with Crippen molar-refractivity contribution in [1.29, 1.82) is 5.26 Å². The molecule has 0 aromatic heterocycles. The van der Waals surface area contributed by atoms with Crippen LogP contribution in [0, 0.1) is 18.3 Å². The van der Waals surface area contributed by atoms with E-state index in [2.05, 4.69) is 17.0 Å². The number of hydrogen-bond acceptors (Lipinski definition) is 3. The van der Waals surface area contributed by atoms with E-state index in [4.69, 9.17) is 11.2 Å². The number of rotatable bonds is 3. The zero-order valence-electron chi connectivity index (χ0n) is 10.2. The first-order valence-corrected chi connectivity index (χ1v) is 5.66. The van der Waals surface area contributed by atoms with Crippen LogP contribution in [0.1, 0.15) is 16.7 Å². The average molecular weight is 238 g/mol. The van der Waals surface area contributed by atoms with Gasteiger partial charge in [0.05, 0.1) is 18.2 Å². The molecule has 0 saturated carbocycles. The van der Waals surface area contributed by atoms with Crippen LogP contribution in [0.25, 0.3) is 11.1 Å². The highest BCUT2D eigenvalue weighted by molar-refractivity contribution is 5.65. The minimum absolute atomic E-state index is 0.416. The summed E-state index contributed by atoms with van der Waals surface area (Å²) in [7, 11) is 0. The quantitative estimate of drug-likeness (QED) is 0.836. The molecule has 0 unspecified atom stereocenters. The first-order valence-electron chi connectivity index (χ1n) is 5.66. The van der Waals surface area contributed by atoms with Gasteiger partial charge in [0.1, 0.15) is 0 Å². The van der Waals surface area contributed by atoms with E-state index in [1.807, 2.05) is 43.3 Å². The lowest BCUT2D eigenvalue weighted by Gasteiger charge is -2.08. The van der Waals surface area contributed by atoms with E-state index in [9.17, 15) is 0 Å². The molecule has 90 valence electrons. The van der Waals surface area contributed by atoms with Crippen LogP contribution in [-0.4, -0.2) is 0 Å². The van der Waals surface area contributed by atoms with Crippen molar-refractivity contribution in [2.75, 3.05) is 0 Å². The van der Waals surface area contributed by atoms with Crippen LogP contribution in [0.15, 0.2) is 42.5 Å². The smallest absolute Gasteiger partial charge is 0.0991 e. The monoisotopic (exact) mass is 238 g/mol. The van der Waals surface area contributed by atoms with Gasteiger partial charge in [-0.15, -0.1) is 0 Å². The van der Waals surface area contributed by atoms with Crippen molar-refractivity contribution in [2.24, 2.45) is 5.90 Å². The van der Waals surface area contributed by atoms with E-state index >= 15 is 0 Å². The predicted molar refractivity (Wildman–Crippen MR) is 70.3 cm³/mol. The third kappa shape index (κ3) is 2.57. The molecule has 0 atom stereocenters. The molecule has 2 aromatic rings. The van der Waals surface area contributed by atoms with Crippen molar-refractivity contribution in [3.05, 3.63) is 59.2 Å². The molecule has 18 heavy (non-hydrogen) atoms.